The van der Waals surface area contributed by atoms with Crippen molar-refractivity contribution in [1.82, 2.24) is 14.8 Å². The molecule has 208 valence electrons. The predicted octanol–water partition coefficient (Wildman–Crippen LogP) is 7.13. The fourth-order valence-electron chi connectivity index (χ4n) is 3.78. The summed E-state index contributed by atoms with van der Waals surface area (Å²) < 4.78 is 34.5. The van der Waals surface area contributed by atoms with Crippen LogP contribution in [0.2, 0.25) is 0 Å². The molecule has 12 heteroatoms. The fourth-order valence-corrected chi connectivity index (χ4v) is 6.70. The lowest BCUT2D eigenvalue weighted by Crippen LogP contribution is -2.04. The molecule has 0 unspecified atom stereocenters. The Morgan fingerprint density at radius 1 is 1.07 bits per heavy atom. The molecule has 0 radical (unpaired) electrons. The van der Waals surface area contributed by atoms with E-state index in [-0.39, 0.29) is 17.3 Å². The molecular formula is C28H24FI2N3O5S. The maximum Gasteiger partial charge on any atom is 0.342 e. The molecule has 4 aromatic rings. The summed E-state index contributed by atoms with van der Waals surface area (Å²) in [6, 6.07) is 15.5. The van der Waals surface area contributed by atoms with Gasteiger partial charge in [-0.15, -0.1) is 10.2 Å². The summed E-state index contributed by atoms with van der Waals surface area (Å²) in [5.41, 5.74) is 1.67. The highest BCUT2D eigenvalue weighted by Gasteiger charge is 2.21. The molecule has 1 N–H and O–H groups in total. The third kappa shape index (κ3) is 7.07. The van der Waals surface area contributed by atoms with Crippen molar-refractivity contribution in [3.63, 3.8) is 0 Å². The van der Waals surface area contributed by atoms with Gasteiger partial charge in [0, 0.05) is 32.9 Å². The van der Waals surface area contributed by atoms with Crippen molar-refractivity contribution >= 4 is 69.0 Å². The minimum Gasteiger partial charge on any atom is -0.497 e. The van der Waals surface area contributed by atoms with Crippen molar-refractivity contribution in [2.75, 3.05) is 14.2 Å². The van der Waals surface area contributed by atoms with Gasteiger partial charge in [-0.2, -0.15) is 0 Å². The van der Waals surface area contributed by atoms with Gasteiger partial charge in [-0.05, 0) is 100 Å². The average molecular weight is 787 g/mol. The lowest BCUT2D eigenvalue weighted by atomic mass is 10.2. The van der Waals surface area contributed by atoms with Gasteiger partial charge >= 0.3 is 5.97 Å². The van der Waals surface area contributed by atoms with Gasteiger partial charge in [-0.3, -0.25) is 0 Å². The third-order valence-corrected chi connectivity index (χ3v) is 8.13. The van der Waals surface area contributed by atoms with Gasteiger partial charge in [-0.25, -0.2) is 9.18 Å². The number of aliphatic carboxylic acids is 1. The van der Waals surface area contributed by atoms with Crippen LogP contribution in [0.4, 0.5) is 4.39 Å². The third-order valence-electron chi connectivity index (χ3n) is 5.71. The van der Waals surface area contributed by atoms with E-state index in [9.17, 15) is 14.3 Å². The molecule has 0 atom stereocenters. The van der Waals surface area contributed by atoms with Crippen LogP contribution in [0.3, 0.4) is 0 Å². The molecule has 40 heavy (non-hydrogen) atoms. The maximum atomic E-state index is 14.2. The summed E-state index contributed by atoms with van der Waals surface area (Å²) in [6.07, 6.45) is 1.54. The topological polar surface area (TPSA) is 95.7 Å². The van der Waals surface area contributed by atoms with E-state index in [0.29, 0.717) is 51.5 Å². The van der Waals surface area contributed by atoms with Crippen LogP contribution in [0.25, 0.3) is 17.5 Å². The Balaban J connectivity index is 1.70. The number of hydrogen-bond acceptors (Lipinski definition) is 7. The van der Waals surface area contributed by atoms with E-state index in [1.54, 1.807) is 38.5 Å². The summed E-state index contributed by atoms with van der Waals surface area (Å²) in [5, 5.41) is 19.2. The molecule has 0 aliphatic heterocycles. The molecule has 0 saturated carbocycles. The minimum atomic E-state index is -1.13. The minimum absolute atomic E-state index is 0.00280. The first-order chi connectivity index (χ1) is 19.2. The summed E-state index contributed by atoms with van der Waals surface area (Å²) in [6.45, 7) is 2.42. The number of ether oxygens (including phenoxy) is 3. The second kappa shape index (κ2) is 13.7. The van der Waals surface area contributed by atoms with Gasteiger partial charge < -0.3 is 23.9 Å². The number of carboxylic acid groups (broad SMARTS) is 1. The number of methoxy groups -OCH3 is 2. The first-order valence-electron chi connectivity index (χ1n) is 11.9. The first-order valence-corrected chi connectivity index (χ1v) is 14.9. The van der Waals surface area contributed by atoms with Crippen LogP contribution in [0.1, 0.15) is 18.1 Å². The fraction of sp³-hybridized carbons (Fsp3) is 0.179. The van der Waals surface area contributed by atoms with Crippen molar-refractivity contribution in [1.29, 1.82) is 0 Å². The highest BCUT2D eigenvalue weighted by atomic mass is 127. The van der Waals surface area contributed by atoms with Gasteiger partial charge in [0.25, 0.3) is 0 Å². The zero-order chi connectivity index (χ0) is 28.8. The summed E-state index contributed by atoms with van der Waals surface area (Å²) >= 11 is 5.28. The molecule has 0 spiro atoms. The van der Waals surface area contributed by atoms with Crippen LogP contribution in [-0.2, 0) is 17.9 Å². The molecule has 4 rings (SSSR count). The number of thioether (sulfide) groups is 1. The molecule has 0 aliphatic rings. The first kappa shape index (κ1) is 30.1. The van der Waals surface area contributed by atoms with Gasteiger partial charge in [0.1, 0.15) is 34.6 Å². The van der Waals surface area contributed by atoms with Crippen LogP contribution in [0.5, 0.6) is 17.2 Å². The smallest absolute Gasteiger partial charge is 0.342 e. The zero-order valence-electron chi connectivity index (χ0n) is 21.7. The predicted molar refractivity (Wildman–Crippen MR) is 168 cm³/mol. The second-order valence-corrected chi connectivity index (χ2v) is 11.7. The Morgan fingerprint density at radius 2 is 1.77 bits per heavy atom. The monoisotopic (exact) mass is 787 g/mol. The highest BCUT2D eigenvalue weighted by Crippen LogP contribution is 2.36. The Kier molecular flexibility index (Phi) is 10.3. The Hall–Kier alpha value is -2.85. The number of aromatic nitrogens is 3. The SMILES string of the molecule is CCn1c(S/C(=C\c2cc(I)cc(I)c2OCc2ccccc2F)C(=O)O)nnc1-c1cc(OC)cc(OC)c1. The number of carboxylic acids is 1. The quantitative estimate of drug-likeness (QED) is 0.0976. The van der Waals surface area contributed by atoms with Crippen molar-refractivity contribution < 1.29 is 28.5 Å². The number of carbonyl (C=O) groups is 1. The zero-order valence-corrected chi connectivity index (χ0v) is 26.8. The number of hydrogen-bond donors (Lipinski definition) is 1. The van der Waals surface area contributed by atoms with Crippen LogP contribution in [0, 0.1) is 13.0 Å². The number of rotatable bonds is 11. The highest BCUT2D eigenvalue weighted by molar-refractivity contribution is 14.1. The van der Waals surface area contributed by atoms with E-state index < -0.39 is 5.97 Å². The van der Waals surface area contributed by atoms with Gasteiger partial charge in [0.2, 0.25) is 0 Å². The van der Waals surface area contributed by atoms with Gasteiger partial charge in [-0.1, -0.05) is 18.2 Å². The van der Waals surface area contributed by atoms with Crippen molar-refractivity contribution in [2.24, 2.45) is 0 Å². The lowest BCUT2D eigenvalue weighted by molar-refractivity contribution is -0.131. The van der Waals surface area contributed by atoms with Crippen LogP contribution in [-0.4, -0.2) is 40.1 Å². The average Bonchev–Trinajstić information content (AvgIpc) is 3.35. The molecule has 8 nitrogen and oxygen atoms in total. The number of nitrogens with zero attached hydrogens (tertiary/aromatic N) is 3. The Morgan fingerprint density at radius 3 is 2.40 bits per heavy atom. The van der Waals surface area contributed by atoms with Crippen LogP contribution < -0.4 is 14.2 Å². The molecule has 3 aromatic carbocycles. The van der Waals surface area contributed by atoms with Crippen molar-refractivity contribution in [2.45, 2.75) is 25.2 Å². The van der Waals surface area contributed by atoms with Gasteiger partial charge in [0.15, 0.2) is 11.0 Å². The molecule has 0 aliphatic carbocycles. The number of benzene rings is 3. The molecular weight excluding hydrogens is 763 g/mol. The largest absolute Gasteiger partial charge is 0.497 e. The van der Waals surface area contributed by atoms with Crippen molar-refractivity contribution in [3.05, 3.63) is 83.6 Å². The van der Waals surface area contributed by atoms with E-state index >= 15 is 0 Å². The van der Waals surface area contributed by atoms with E-state index in [0.717, 1.165) is 18.9 Å². The van der Waals surface area contributed by atoms with Crippen LogP contribution in [0.15, 0.2) is 64.7 Å². The molecule has 0 fully saturated rings. The lowest BCUT2D eigenvalue weighted by Gasteiger charge is -2.14. The molecule has 0 amide bonds. The van der Waals surface area contributed by atoms with Crippen molar-refractivity contribution in [3.8, 4) is 28.6 Å². The maximum absolute atomic E-state index is 14.2. The van der Waals surface area contributed by atoms with E-state index in [2.05, 4.69) is 55.4 Å². The van der Waals surface area contributed by atoms with E-state index in [1.807, 2.05) is 35.8 Å². The molecule has 0 saturated heterocycles. The van der Waals surface area contributed by atoms with Gasteiger partial charge in [0.05, 0.1) is 17.8 Å². The Labute approximate surface area is 262 Å². The molecule has 1 aromatic heterocycles. The Bertz CT molecular complexity index is 1560. The van der Waals surface area contributed by atoms with Crippen LogP contribution >= 0.6 is 56.9 Å². The van der Waals surface area contributed by atoms with E-state index in [1.165, 1.54) is 12.1 Å². The second-order valence-electron chi connectivity index (χ2n) is 8.25. The standard InChI is InChI=1S/C28H24FI2N3O5S/c1-4-34-26(18-10-20(37-2)14-21(11-18)38-3)32-33-28(34)40-24(27(35)36)12-17-9-19(30)13-23(31)25(17)39-15-16-7-5-6-8-22(16)29/h5-14H,4,15H2,1-3H3,(H,35,36)/b24-12-. The normalized spacial score (nSPS) is 11.4. The molecule has 0 bridgehead atoms. The summed E-state index contributed by atoms with van der Waals surface area (Å²) in [5.74, 6) is 0.696. The van der Waals surface area contributed by atoms with E-state index in [4.69, 9.17) is 14.2 Å². The number of halogens is 3. The molecule has 1 heterocycles. The summed E-state index contributed by atoms with van der Waals surface area (Å²) in [4.78, 5) is 12.4. The summed E-state index contributed by atoms with van der Waals surface area (Å²) in [7, 11) is 3.13.